The molecule has 33 heavy (non-hydrogen) atoms. The Hall–Kier alpha value is -1.80. The van der Waals surface area contributed by atoms with E-state index in [4.69, 9.17) is 23.2 Å². The lowest BCUT2D eigenvalue weighted by Crippen LogP contribution is -2.49. The Labute approximate surface area is 206 Å². The number of hydrogen-bond acceptors (Lipinski definition) is 4. The quantitative estimate of drug-likeness (QED) is 0.522. The fourth-order valence-corrected chi connectivity index (χ4v) is 5.87. The number of hydrogen-bond donors (Lipinski definition) is 1. The van der Waals surface area contributed by atoms with Gasteiger partial charge in [-0.15, -0.1) is 0 Å². The molecule has 1 N–H and O–H groups in total. The third-order valence-electron chi connectivity index (χ3n) is 5.89. The Balaban J connectivity index is 1.78. The van der Waals surface area contributed by atoms with Crippen LogP contribution in [0.4, 0.5) is 5.69 Å². The zero-order valence-corrected chi connectivity index (χ0v) is 21.4. The van der Waals surface area contributed by atoms with Crippen LogP contribution in [0.1, 0.15) is 43.7 Å². The SMILES string of the molecule is CCC(C(=O)NCc1ccccc1CN1CCCCC1)N(c1cc(Cl)ccc1Cl)S(C)(=O)=O. The molecule has 1 amide bonds. The first-order valence-corrected chi connectivity index (χ1v) is 13.8. The summed E-state index contributed by atoms with van der Waals surface area (Å²) in [4.78, 5) is 15.6. The van der Waals surface area contributed by atoms with E-state index in [9.17, 15) is 13.2 Å². The molecule has 0 aliphatic carbocycles. The van der Waals surface area contributed by atoms with Crippen molar-refractivity contribution in [2.45, 2.75) is 51.7 Å². The average Bonchev–Trinajstić information content (AvgIpc) is 2.78. The normalized spacial score (nSPS) is 15.8. The average molecular weight is 513 g/mol. The molecule has 1 atom stereocenters. The van der Waals surface area contributed by atoms with Crippen molar-refractivity contribution in [2.75, 3.05) is 23.7 Å². The van der Waals surface area contributed by atoms with Gasteiger partial charge in [-0.1, -0.05) is 60.8 Å². The first-order valence-electron chi connectivity index (χ1n) is 11.2. The topological polar surface area (TPSA) is 69.7 Å². The van der Waals surface area contributed by atoms with Crippen LogP contribution < -0.4 is 9.62 Å². The number of amides is 1. The summed E-state index contributed by atoms with van der Waals surface area (Å²) in [5, 5.41) is 3.49. The molecule has 2 aromatic carbocycles. The standard InChI is InChI=1S/C24H31Cl2N3O3S/c1-3-22(29(33(2,31)32)23-15-20(25)11-12-21(23)26)24(30)27-16-18-9-5-6-10-19(18)17-28-13-7-4-8-14-28/h5-6,9-12,15,22H,3-4,7-8,13-14,16-17H2,1-2H3,(H,27,30). The van der Waals surface area contributed by atoms with Crippen molar-refractivity contribution in [1.29, 1.82) is 0 Å². The fourth-order valence-electron chi connectivity index (χ4n) is 4.23. The van der Waals surface area contributed by atoms with Gasteiger partial charge in [-0.3, -0.25) is 14.0 Å². The van der Waals surface area contributed by atoms with E-state index in [-0.39, 0.29) is 23.0 Å². The van der Waals surface area contributed by atoms with Crippen molar-refractivity contribution in [3.8, 4) is 0 Å². The largest absolute Gasteiger partial charge is 0.350 e. The van der Waals surface area contributed by atoms with Crippen molar-refractivity contribution >= 4 is 44.8 Å². The van der Waals surface area contributed by atoms with E-state index in [2.05, 4.69) is 16.3 Å². The van der Waals surface area contributed by atoms with E-state index in [0.717, 1.165) is 35.8 Å². The summed E-state index contributed by atoms with van der Waals surface area (Å²) in [7, 11) is -3.80. The molecule has 0 bridgehead atoms. The summed E-state index contributed by atoms with van der Waals surface area (Å²) < 4.78 is 26.4. The minimum Gasteiger partial charge on any atom is -0.350 e. The van der Waals surface area contributed by atoms with Gasteiger partial charge < -0.3 is 5.32 Å². The van der Waals surface area contributed by atoms with Gasteiger partial charge >= 0.3 is 0 Å². The lowest BCUT2D eigenvalue weighted by atomic mass is 10.0. The molecule has 0 spiro atoms. The second-order valence-electron chi connectivity index (χ2n) is 8.40. The lowest BCUT2D eigenvalue weighted by molar-refractivity contribution is -0.122. The predicted octanol–water partition coefficient (Wildman–Crippen LogP) is 4.84. The van der Waals surface area contributed by atoms with Gasteiger partial charge in [0.05, 0.1) is 17.0 Å². The van der Waals surface area contributed by atoms with Crippen LogP contribution in [0.2, 0.25) is 10.0 Å². The minimum absolute atomic E-state index is 0.194. The second-order valence-corrected chi connectivity index (χ2v) is 11.1. The number of benzene rings is 2. The van der Waals surface area contributed by atoms with Gasteiger partial charge in [0.15, 0.2) is 0 Å². The summed E-state index contributed by atoms with van der Waals surface area (Å²) in [5.41, 5.74) is 2.39. The summed E-state index contributed by atoms with van der Waals surface area (Å²) in [6.07, 6.45) is 5.04. The Morgan fingerprint density at radius 1 is 1.09 bits per heavy atom. The molecule has 2 aromatic rings. The molecule has 1 saturated heterocycles. The maximum absolute atomic E-state index is 13.2. The Morgan fingerprint density at radius 2 is 1.76 bits per heavy atom. The Morgan fingerprint density at radius 3 is 2.39 bits per heavy atom. The number of carbonyl (C=O) groups is 1. The van der Waals surface area contributed by atoms with Crippen LogP contribution in [0, 0.1) is 0 Å². The lowest BCUT2D eigenvalue weighted by Gasteiger charge is -2.31. The first-order chi connectivity index (χ1) is 15.7. The number of sulfonamides is 1. The smallest absolute Gasteiger partial charge is 0.244 e. The van der Waals surface area contributed by atoms with E-state index in [0.29, 0.717) is 11.6 Å². The van der Waals surface area contributed by atoms with Crippen LogP contribution >= 0.6 is 23.2 Å². The molecule has 180 valence electrons. The number of halogens is 2. The third-order valence-corrected chi connectivity index (χ3v) is 7.61. The van der Waals surface area contributed by atoms with Crippen molar-refractivity contribution in [3.05, 3.63) is 63.6 Å². The fraction of sp³-hybridized carbons (Fsp3) is 0.458. The van der Waals surface area contributed by atoms with Crippen molar-refractivity contribution in [3.63, 3.8) is 0 Å². The summed E-state index contributed by atoms with van der Waals surface area (Å²) in [6.45, 7) is 5.10. The van der Waals surface area contributed by atoms with Gasteiger partial charge in [0.1, 0.15) is 6.04 Å². The molecule has 1 fully saturated rings. The van der Waals surface area contributed by atoms with Gasteiger partial charge in [0.2, 0.25) is 15.9 Å². The van der Waals surface area contributed by atoms with Crippen LogP contribution in [0.15, 0.2) is 42.5 Å². The van der Waals surface area contributed by atoms with Gasteiger partial charge in [-0.25, -0.2) is 8.42 Å². The molecule has 1 unspecified atom stereocenters. The van der Waals surface area contributed by atoms with E-state index in [1.165, 1.54) is 37.0 Å². The minimum atomic E-state index is -3.80. The van der Waals surface area contributed by atoms with Crippen LogP contribution in [0.3, 0.4) is 0 Å². The van der Waals surface area contributed by atoms with E-state index >= 15 is 0 Å². The summed E-state index contributed by atoms with van der Waals surface area (Å²) in [6, 6.07) is 11.7. The third kappa shape index (κ3) is 6.85. The molecule has 1 aliphatic rings. The molecule has 0 saturated carbocycles. The van der Waals surface area contributed by atoms with E-state index < -0.39 is 16.1 Å². The molecular formula is C24H31Cl2N3O3S. The van der Waals surface area contributed by atoms with Crippen LogP contribution in [-0.2, 0) is 27.9 Å². The summed E-state index contributed by atoms with van der Waals surface area (Å²) >= 11 is 12.4. The van der Waals surface area contributed by atoms with Gasteiger partial charge in [-0.2, -0.15) is 0 Å². The number of carbonyl (C=O) groups excluding carboxylic acids is 1. The molecule has 0 radical (unpaired) electrons. The highest BCUT2D eigenvalue weighted by molar-refractivity contribution is 7.92. The highest BCUT2D eigenvalue weighted by Crippen LogP contribution is 2.33. The number of anilines is 1. The van der Waals surface area contributed by atoms with Crippen molar-refractivity contribution < 1.29 is 13.2 Å². The Bertz CT molecular complexity index is 1070. The highest BCUT2D eigenvalue weighted by Gasteiger charge is 2.33. The van der Waals surface area contributed by atoms with E-state index in [1.807, 2.05) is 18.2 Å². The van der Waals surface area contributed by atoms with Gasteiger partial charge in [0.25, 0.3) is 0 Å². The molecule has 6 nitrogen and oxygen atoms in total. The van der Waals surface area contributed by atoms with Crippen molar-refractivity contribution in [1.82, 2.24) is 10.2 Å². The second kappa shape index (κ2) is 11.6. The summed E-state index contributed by atoms with van der Waals surface area (Å²) in [5.74, 6) is -0.383. The number of likely N-dealkylation sites (tertiary alicyclic amines) is 1. The van der Waals surface area contributed by atoms with Crippen LogP contribution in [0.25, 0.3) is 0 Å². The van der Waals surface area contributed by atoms with Gasteiger partial charge in [-0.05, 0) is 61.7 Å². The van der Waals surface area contributed by atoms with Crippen LogP contribution in [0.5, 0.6) is 0 Å². The number of piperidine rings is 1. The van der Waals surface area contributed by atoms with E-state index in [1.54, 1.807) is 13.0 Å². The Kier molecular flexibility index (Phi) is 9.04. The maximum Gasteiger partial charge on any atom is 0.244 e. The molecular weight excluding hydrogens is 481 g/mol. The highest BCUT2D eigenvalue weighted by atomic mass is 35.5. The molecule has 9 heteroatoms. The number of nitrogens with one attached hydrogen (secondary N) is 1. The number of rotatable bonds is 9. The zero-order chi connectivity index (χ0) is 24.0. The first kappa shape index (κ1) is 25.8. The number of nitrogens with zero attached hydrogens (tertiary/aromatic N) is 2. The molecule has 0 aromatic heterocycles. The monoisotopic (exact) mass is 511 g/mol. The van der Waals surface area contributed by atoms with Crippen LogP contribution in [-0.4, -0.2) is 44.6 Å². The van der Waals surface area contributed by atoms with Crippen molar-refractivity contribution in [2.24, 2.45) is 0 Å². The molecule has 1 aliphatic heterocycles. The molecule has 1 heterocycles. The van der Waals surface area contributed by atoms with Gasteiger partial charge in [0, 0.05) is 18.1 Å². The molecule has 3 rings (SSSR count). The zero-order valence-electron chi connectivity index (χ0n) is 19.1. The maximum atomic E-state index is 13.2. The predicted molar refractivity (Wildman–Crippen MR) is 135 cm³/mol.